The standard InChI is InChI=1S/C13H17F2NO/c1-13(2)9(6-16)11(13)8-4-7(14)5-10(15)12(8)17-3/h4-5,9,11H,6,16H2,1-3H3. The summed E-state index contributed by atoms with van der Waals surface area (Å²) in [6.45, 7) is 4.62. The average molecular weight is 241 g/mol. The van der Waals surface area contributed by atoms with Crippen molar-refractivity contribution in [2.24, 2.45) is 17.1 Å². The Hall–Kier alpha value is -1.16. The second-order valence-electron chi connectivity index (χ2n) is 5.15. The smallest absolute Gasteiger partial charge is 0.168 e. The molecule has 1 aliphatic carbocycles. The summed E-state index contributed by atoms with van der Waals surface area (Å²) in [6.07, 6.45) is 0. The number of ether oxygens (including phenoxy) is 1. The third kappa shape index (κ3) is 1.80. The number of nitrogens with two attached hydrogens (primary N) is 1. The first-order chi connectivity index (χ1) is 7.93. The van der Waals surface area contributed by atoms with Crippen molar-refractivity contribution in [1.82, 2.24) is 0 Å². The van der Waals surface area contributed by atoms with E-state index in [2.05, 4.69) is 13.8 Å². The van der Waals surface area contributed by atoms with Crippen molar-refractivity contribution in [3.63, 3.8) is 0 Å². The van der Waals surface area contributed by atoms with E-state index in [-0.39, 0.29) is 23.0 Å². The second kappa shape index (κ2) is 3.95. The van der Waals surface area contributed by atoms with Gasteiger partial charge in [0.1, 0.15) is 5.82 Å². The van der Waals surface area contributed by atoms with E-state index in [1.165, 1.54) is 13.2 Å². The van der Waals surface area contributed by atoms with E-state index in [4.69, 9.17) is 10.5 Å². The summed E-state index contributed by atoms with van der Waals surface area (Å²) in [4.78, 5) is 0. The van der Waals surface area contributed by atoms with Gasteiger partial charge in [0.05, 0.1) is 7.11 Å². The summed E-state index contributed by atoms with van der Waals surface area (Å²) in [5, 5.41) is 0. The zero-order valence-electron chi connectivity index (χ0n) is 10.3. The molecule has 1 saturated carbocycles. The Balaban J connectivity index is 2.46. The number of halogens is 2. The van der Waals surface area contributed by atoms with Gasteiger partial charge in [0, 0.05) is 11.6 Å². The van der Waals surface area contributed by atoms with Crippen LogP contribution in [0.4, 0.5) is 8.78 Å². The number of hydrogen-bond acceptors (Lipinski definition) is 2. The number of rotatable bonds is 3. The Morgan fingerprint density at radius 3 is 2.47 bits per heavy atom. The van der Waals surface area contributed by atoms with Gasteiger partial charge in [0.2, 0.25) is 0 Å². The van der Waals surface area contributed by atoms with Crippen molar-refractivity contribution in [2.75, 3.05) is 13.7 Å². The molecule has 0 saturated heterocycles. The Kier molecular flexibility index (Phi) is 2.86. The summed E-state index contributed by atoms with van der Waals surface area (Å²) >= 11 is 0. The normalized spacial score (nSPS) is 25.8. The van der Waals surface area contributed by atoms with Crippen molar-refractivity contribution >= 4 is 0 Å². The van der Waals surface area contributed by atoms with Crippen LogP contribution in [-0.4, -0.2) is 13.7 Å². The first kappa shape index (κ1) is 12.3. The third-order valence-corrected chi connectivity index (χ3v) is 3.88. The quantitative estimate of drug-likeness (QED) is 0.883. The second-order valence-corrected chi connectivity index (χ2v) is 5.15. The van der Waals surface area contributed by atoms with Crippen molar-refractivity contribution in [2.45, 2.75) is 19.8 Å². The first-order valence-corrected chi connectivity index (χ1v) is 5.66. The molecule has 1 aliphatic rings. The minimum atomic E-state index is -0.652. The molecule has 94 valence electrons. The van der Waals surface area contributed by atoms with Crippen LogP contribution in [0.1, 0.15) is 25.3 Å². The van der Waals surface area contributed by atoms with Gasteiger partial charge in [-0.15, -0.1) is 0 Å². The predicted molar refractivity (Wildman–Crippen MR) is 62.0 cm³/mol. The van der Waals surface area contributed by atoms with Gasteiger partial charge >= 0.3 is 0 Å². The van der Waals surface area contributed by atoms with E-state index in [1.807, 2.05) is 0 Å². The topological polar surface area (TPSA) is 35.2 Å². The van der Waals surface area contributed by atoms with E-state index in [0.717, 1.165) is 6.07 Å². The molecule has 0 radical (unpaired) electrons. The molecular weight excluding hydrogens is 224 g/mol. The third-order valence-electron chi connectivity index (χ3n) is 3.88. The maximum Gasteiger partial charge on any atom is 0.168 e. The van der Waals surface area contributed by atoms with Crippen LogP contribution in [0.2, 0.25) is 0 Å². The van der Waals surface area contributed by atoms with Gasteiger partial charge in [-0.05, 0) is 29.9 Å². The van der Waals surface area contributed by atoms with Crippen LogP contribution in [-0.2, 0) is 0 Å². The van der Waals surface area contributed by atoms with Crippen molar-refractivity contribution in [3.8, 4) is 5.75 Å². The molecule has 0 spiro atoms. The molecule has 1 fully saturated rings. The predicted octanol–water partition coefficient (Wildman–Crippen LogP) is 2.67. The number of methoxy groups -OCH3 is 1. The minimum absolute atomic E-state index is 0.0255. The molecular formula is C13H17F2NO. The molecule has 2 unspecified atom stereocenters. The van der Waals surface area contributed by atoms with E-state index in [1.54, 1.807) is 0 Å². The minimum Gasteiger partial charge on any atom is -0.493 e. The van der Waals surface area contributed by atoms with Crippen LogP contribution < -0.4 is 10.5 Å². The van der Waals surface area contributed by atoms with E-state index >= 15 is 0 Å². The van der Waals surface area contributed by atoms with Gasteiger partial charge in [0.15, 0.2) is 11.6 Å². The maximum absolute atomic E-state index is 13.6. The largest absolute Gasteiger partial charge is 0.493 e. The van der Waals surface area contributed by atoms with E-state index < -0.39 is 11.6 Å². The number of hydrogen-bond donors (Lipinski definition) is 1. The Morgan fingerprint density at radius 2 is 2.00 bits per heavy atom. The molecule has 1 aromatic rings. The molecule has 0 aliphatic heterocycles. The Morgan fingerprint density at radius 1 is 1.35 bits per heavy atom. The van der Waals surface area contributed by atoms with Crippen LogP contribution in [0.3, 0.4) is 0 Å². The van der Waals surface area contributed by atoms with Crippen molar-refractivity contribution < 1.29 is 13.5 Å². The van der Waals surface area contributed by atoms with E-state index in [9.17, 15) is 8.78 Å². The van der Waals surface area contributed by atoms with Crippen LogP contribution >= 0.6 is 0 Å². The fourth-order valence-corrected chi connectivity index (χ4v) is 2.83. The molecule has 1 aromatic carbocycles. The van der Waals surface area contributed by atoms with Gasteiger partial charge in [-0.25, -0.2) is 8.78 Å². The van der Waals surface area contributed by atoms with Crippen LogP contribution in [0.15, 0.2) is 12.1 Å². The van der Waals surface area contributed by atoms with Gasteiger partial charge in [0.25, 0.3) is 0 Å². The van der Waals surface area contributed by atoms with Gasteiger partial charge in [-0.2, -0.15) is 0 Å². The highest BCUT2D eigenvalue weighted by Crippen LogP contribution is 2.65. The molecule has 2 N–H and O–H groups in total. The molecule has 17 heavy (non-hydrogen) atoms. The number of benzene rings is 1. The average Bonchev–Trinajstić information content (AvgIpc) is 2.79. The zero-order chi connectivity index (χ0) is 12.8. The van der Waals surface area contributed by atoms with Crippen molar-refractivity contribution in [1.29, 1.82) is 0 Å². The molecule has 4 heteroatoms. The van der Waals surface area contributed by atoms with E-state index in [0.29, 0.717) is 12.1 Å². The van der Waals surface area contributed by atoms with Crippen molar-refractivity contribution in [3.05, 3.63) is 29.3 Å². The highest BCUT2D eigenvalue weighted by molar-refractivity contribution is 5.44. The maximum atomic E-state index is 13.6. The summed E-state index contributed by atoms with van der Waals surface area (Å²) in [5.41, 5.74) is 6.24. The molecule has 2 atom stereocenters. The van der Waals surface area contributed by atoms with Gasteiger partial charge in [-0.1, -0.05) is 13.8 Å². The van der Waals surface area contributed by atoms with Crippen LogP contribution in [0, 0.1) is 23.0 Å². The first-order valence-electron chi connectivity index (χ1n) is 5.66. The summed E-state index contributed by atoms with van der Waals surface area (Å²) in [7, 11) is 1.40. The lowest BCUT2D eigenvalue weighted by atomic mass is 10.0. The fourth-order valence-electron chi connectivity index (χ4n) is 2.83. The van der Waals surface area contributed by atoms with Crippen LogP contribution in [0.25, 0.3) is 0 Å². The lowest BCUT2D eigenvalue weighted by molar-refractivity contribution is 0.377. The summed E-state index contributed by atoms with van der Waals surface area (Å²) in [6, 6.07) is 2.19. The summed E-state index contributed by atoms with van der Waals surface area (Å²) in [5.74, 6) is -0.775. The molecule has 0 aromatic heterocycles. The molecule has 2 nitrogen and oxygen atoms in total. The lowest BCUT2D eigenvalue weighted by Gasteiger charge is -2.11. The van der Waals surface area contributed by atoms with Crippen LogP contribution in [0.5, 0.6) is 5.75 Å². The Labute approximate surface area is 99.8 Å². The van der Waals surface area contributed by atoms with Gasteiger partial charge < -0.3 is 10.5 Å². The SMILES string of the molecule is COc1c(F)cc(F)cc1C1C(CN)C1(C)C. The Bertz CT molecular complexity index is 445. The molecule has 0 amide bonds. The molecule has 2 rings (SSSR count). The zero-order valence-corrected chi connectivity index (χ0v) is 10.3. The highest BCUT2D eigenvalue weighted by Gasteiger charge is 2.58. The fraction of sp³-hybridized carbons (Fsp3) is 0.538. The highest BCUT2D eigenvalue weighted by atomic mass is 19.1. The monoisotopic (exact) mass is 241 g/mol. The van der Waals surface area contributed by atoms with Gasteiger partial charge in [-0.3, -0.25) is 0 Å². The summed E-state index contributed by atoms with van der Waals surface area (Å²) < 4.78 is 31.9. The molecule has 0 bridgehead atoms. The lowest BCUT2D eigenvalue weighted by Crippen LogP contribution is -2.05. The molecule has 0 heterocycles.